The fraction of sp³-hybridized carbons (Fsp3) is 0.458. The Hall–Kier alpha value is -2.09. The van der Waals surface area contributed by atoms with Gasteiger partial charge in [0, 0.05) is 5.92 Å². The average Bonchev–Trinajstić information content (AvgIpc) is 3.39. The van der Waals surface area contributed by atoms with Gasteiger partial charge in [-0.2, -0.15) is 0 Å². The third kappa shape index (κ3) is 1.91. The number of fused-ring (bicyclic) bond motifs is 10. The lowest BCUT2D eigenvalue weighted by Gasteiger charge is -2.42. The zero-order chi connectivity index (χ0) is 17.5. The van der Waals surface area contributed by atoms with Crippen LogP contribution >= 0.6 is 0 Å². The number of allylic oxidation sites excluding steroid dienone is 2. The Balaban J connectivity index is 1.28. The SMILES string of the molecule is CC1(OC(=O)c2ccc3ccccc3c2)CC2CC1C1C3C=CC(C3)C21. The van der Waals surface area contributed by atoms with Gasteiger partial charge < -0.3 is 4.74 Å². The molecule has 2 nitrogen and oxygen atoms in total. The monoisotopic (exact) mass is 344 g/mol. The van der Waals surface area contributed by atoms with Crippen LogP contribution in [-0.2, 0) is 4.74 Å². The number of hydrogen-bond acceptors (Lipinski definition) is 2. The number of carbonyl (C=O) groups excluding carboxylic acids is 1. The van der Waals surface area contributed by atoms with E-state index in [1.807, 2.05) is 30.3 Å². The minimum Gasteiger partial charge on any atom is -0.455 e. The van der Waals surface area contributed by atoms with E-state index in [0.29, 0.717) is 11.5 Å². The normalized spacial score (nSPS) is 41.7. The van der Waals surface area contributed by atoms with Crippen molar-refractivity contribution >= 4 is 16.7 Å². The molecule has 7 atom stereocenters. The summed E-state index contributed by atoms with van der Waals surface area (Å²) in [5.41, 5.74) is 0.393. The second-order valence-electron chi connectivity index (χ2n) is 9.17. The number of esters is 1. The summed E-state index contributed by atoms with van der Waals surface area (Å²) in [6.45, 7) is 2.20. The number of rotatable bonds is 2. The van der Waals surface area contributed by atoms with E-state index in [4.69, 9.17) is 4.74 Å². The molecule has 7 unspecified atom stereocenters. The van der Waals surface area contributed by atoms with Gasteiger partial charge in [0.05, 0.1) is 5.56 Å². The summed E-state index contributed by atoms with van der Waals surface area (Å²) in [4.78, 5) is 12.9. The number of ether oxygens (including phenoxy) is 1. The van der Waals surface area contributed by atoms with Crippen LogP contribution in [0.2, 0.25) is 0 Å². The molecule has 3 fully saturated rings. The second kappa shape index (κ2) is 5.00. The van der Waals surface area contributed by atoms with Gasteiger partial charge in [-0.3, -0.25) is 0 Å². The van der Waals surface area contributed by atoms with Crippen molar-refractivity contribution in [2.24, 2.45) is 35.5 Å². The molecule has 0 aliphatic heterocycles. The van der Waals surface area contributed by atoms with Gasteiger partial charge in [0.1, 0.15) is 5.60 Å². The molecule has 3 saturated carbocycles. The lowest BCUT2D eigenvalue weighted by molar-refractivity contribution is -0.0637. The van der Waals surface area contributed by atoms with E-state index >= 15 is 0 Å². The van der Waals surface area contributed by atoms with Gasteiger partial charge in [0.25, 0.3) is 0 Å². The fourth-order valence-corrected chi connectivity index (χ4v) is 7.02. The van der Waals surface area contributed by atoms with Crippen molar-refractivity contribution in [2.75, 3.05) is 0 Å². The lowest BCUT2D eigenvalue weighted by atomic mass is 9.68. The Labute approximate surface area is 154 Å². The first kappa shape index (κ1) is 15.0. The molecule has 2 aromatic rings. The highest BCUT2D eigenvalue weighted by Crippen LogP contribution is 2.68. The molecule has 0 spiro atoms. The molecule has 0 saturated heterocycles. The highest BCUT2D eigenvalue weighted by atomic mass is 16.6. The maximum atomic E-state index is 12.9. The zero-order valence-corrected chi connectivity index (χ0v) is 15.1. The van der Waals surface area contributed by atoms with Crippen molar-refractivity contribution in [3.05, 3.63) is 60.2 Å². The predicted molar refractivity (Wildman–Crippen MR) is 102 cm³/mol. The summed E-state index contributed by atoms with van der Waals surface area (Å²) < 4.78 is 6.22. The minimum absolute atomic E-state index is 0.152. The van der Waals surface area contributed by atoms with Crippen molar-refractivity contribution < 1.29 is 9.53 Å². The topological polar surface area (TPSA) is 26.3 Å². The van der Waals surface area contributed by atoms with Gasteiger partial charge in [0.15, 0.2) is 0 Å². The van der Waals surface area contributed by atoms with Crippen LogP contribution in [0.1, 0.15) is 36.5 Å². The largest absolute Gasteiger partial charge is 0.455 e. The Morgan fingerprint density at radius 2 is 1.77 bits per heavy atom. The summed E-state index contributed by atoms with van der Waals surface area (Å²) >= 11 is 0. The van der Waals surface area contributed by atoms with Crippen molar-refractivity contribution in [3.8, 4) is 0 Å². The summed E-state index contributed by atoms with van der Waals surface area (Å²) in [5, 5.41) is 2.25. The number of hydrogen-bond donors (Lipinski definition) is 0. The first-order valence-corrected chi connectivity index (χ1v) is 10.0. The van der Waals surface area contributed by atoms with E-state index in [0.717, 1.165) is 46.8 Å². The van der Waals surface area contributed by atoms with E-state index in [1.54, 1.807) is 0 Å². The maximum Gasteiger partial charge on any atom is 0.338 e. The summed E-state index contributed by atoms with van der Waals surface area (Å²) in [5.74, 6) is 4.29. The average molecular weight is 344 g/mol. The van der Waals surface area contributed by atoms with E-state index in [2.05, 4.69) is 31.2 Å². The Morgan fingerprint density at radius 3 is 2.62 bits per heavy atom. The molecule has 4 bridgehead atoms. The second-order valence-corrected chi connectivity index (χ2v) is 9.17. The standard InChI is InChI=1S/C24H24O2/c1-24(13-19-12-20(24)22-17-8-7-16(11-17)21(19)22)26-23(25)18-9-6-14-4-2-3-5-15(14)10-18/h2-10,16-17,19-22H,11-13H2,1H3. The smallest absolute Gasteiger partial charge is 0.338 e. The molecule has 4 aliphatic rings. The Kier molecular flexibility index (Phi) is 2.89. The summed E-state index contributed by atoms with van der Waals surface area (Å²) in [7, 11) is 0. The van der Waals surface area contributed by atoms with Crippen molar-refractivity contribution in [1.82, 2.24) is 0 Å². The molecular weight excluding hydrogens is 320 g/mol. The van der Waals surface area contributed by atoms with Crippen molar-refractivity contribution in [1.29, 1.82) is 0 Å². The number of carbonyl (C=O) groups is 1. The van der Waals surface area contributed by atoms with E-state index in [9.17, 15) is 4.79 Å². The highest BCUT2D eigenvalue weighted by Gasteiger charge is 2.66. The van der Waals surface area contributed by atoms with Crippen molar-refractivity contribution in [3.63, 3.8) is 0 Å². The Morgan fingerprint density at radius 1 is 1.00 bits per heavy atom. The van der Waals surface area contributed by atoms with Crippen LogP contribution in [0.3, 0.4) is 0 Å². The molecule has 0 aromatic heterocycles. The molecular formula is C24H24O2. The third-order valence-corrected chi connectivity index (χ3v) is 7.91. The van der Waals surface area contributed by atoms with E-state index < -0.39 is 0 Å². The van der Waals surface area contributed by atoms with Crippen LogP contribution in [0.25, 0.3) is 10.8 Å². The van der Waals surface area contributed by atoms with E-state index in [-0.39, 0.29) is 11.6 Å². The van der Waals surface area contributed by atoms with Gasteiger partial charge in [0.2, 0.25) is 0 Å². The van der Waals surface area contributed by atoms with Gasteiger partial charge >= 0.3 is 5.97 Å². The van der Waals surface area contributed by atoms with Crippen LogP contribution in [0.5, 0.6) is 0 Å². The molecule has 0 heterocycles. The zero-order valence-electron chi connectivity index (χ0n) is 15.1. The molecule has 0 radical (unpaired) electrons. The highest BCUT2D eigenvalue weighted by molar-refractivity contribution is 5.95. The van der Waals surface area contributed by atoms with Gasteiger partial charge in [-0.15, -0.1) is 0 Å². The molecule has 2 aromatic carbocycles. The van der Waals surface area contributed by atoms with Crippen LogP contribution in [0.15, 0.2) is 54.6 Å². The van der Waals surface area contributed by atoms with Crippen LogP contribution in [-0.4, -0.2) is 11.6 Å². The molecule has 2 heteroatoms. The first-order chi connectivity index (χ1) is 12.6. The Bertz CT molecular complexity index is 944. The lowest BCUT2D eigenvalue weighted by Crippen LogP contribution is -2.45. The first-order valence-electron chi connectivity index (χ1n) is 10.0. The van der Waals surface area contributed by atoms with Crippen molar-refractivity contribution in [2.45, 2.75) is 31.8 Å². The van der Waals surface area contributed by atoms with Crippen LogP contribution < -0.4 is 0 Å². The van der Waals surface area contributed by atoms with Gasteiger partial charge in [-0.25, -0.2) is 4.79 Å². The molecule has 132 valence electrons. The molecule has 6 rings (SSSR count). The van der Waals surface area contributed by atoms with Crippen LogP contribution in [0, 0.1) is 35.5 Å². The minimum atomic E-state index is -0.285. The number of benzene rings is 2. The maximum absolute atomic E-state index is 12.9. The van der Waals surface area contributed by atoms with E-state index in [1.165, 1.54) is 12.8 Å². The molecule has 4 aliphatic carbocycles. The summed E-state index contributed by atoms with van der Waals surface area (Å²) in [6, 6.07) is 14.1. The molecule has 0 N–H and O–H groups in total. The van der Waals surface area contributed by atoms with Gasteiger partial charge in [-0.05, 0) is 78.7 Å². The predicted octanol–water partition coefficient (Wildman–Crippen LogP) is 5.23. The van der Waals surface area contributed by atoms with Gasteiger partial charge in [-0.1, -0.05) is 42.5 Å². The molecule has 26 heavy (non-hydrogen) atoms. The molecule has 0 amide bonds. The summed E-state index contributed by atoms with van der Waals surface area (Å²) in [6.07, 6.45) is 8.56. The third-order valence-electron chi connectivity index (χ3n) is 7.91. The quantitative estimate of drug-likeness (QED) is 0.423. The van der Waals surface area contributed by atoms with Crippen LogP contribution in [0.4, 0.5) is 0 Å². The fourth-order valence-electron chi connectivity index (χ4n) is 7.02.